The number of ether oxygens (including phenoxy) is 1. The first-order valence-corrected chi connectivity index (χ1v) is 7.26. The molecule has 1 atom stereocenters. The monoisotopic (exact) mass is 289 g/mol. The number of likely N-dealkylation sites (tertiary alicyclic amines) is 1. The molecule has 1 aromatic rings. The Labute approximate surface area is 123 Å². The molecule has 112 valence electrons. The van der Waals surface area contributed by atoms with Crippen LogP contribution in [0.5, 0.6) is 0 Å². The molecule has 21 heavy (non-hydrogen) atoms. The number of carboxylic acids is 1. The number of carbonyl (C=O) groups is 2. The molecule has 1 amide bonds. The van der Waals surface area contributed by atoms with E-state index in [2.05, 4.69) is 0 Å². The number of amides is 1. The lowest BCUT2D eigenvalue weighted by atomic mass is 9.87. The Morgan fingerprint density at radius 1 is 1.29 bits per heavy atom. The topological polar surface area (TPSA) is 66.8 Å². The van der Waals surface area contributed by atoms with Gasteiger partial charge in [0.05, 0.1) is 18.6 Å². The fourth-order valence-electron chi connectivity index (χ4n) is 3.28. The van der Waals surface area contributed by atoms with Gasteiger partial charge in [-0.2, -0.15) is 0 Å². The van der Waals surface area contributed by atoms with Crippen molar-refractivity contribution in [3.05, 3.63) is 35.4 Å². The third-order valence-electron chi connectivity index (χ3n) is 4.57. The summed E-state index contributed by atoms with van der Waals surface area (Å²) in [5, 5.41) is 9.17. The highest BCUT2D eigenvalue weighted by molar-refractivity contribution is 5.91. The van der Waals surface area contributed by atoms with E-state index in [1.54, 1.807) is 24.3 Å². The van der Waals surface area contributed by atoms with Gasteiger partial charge < -0.3 is 14.7 Å². The van der Waals surface area contributed by atoms with Crippen molar-refractivity contribution >= 4 is 11.9 Å². The third kappa shape index (κ3) is 2.78. The molecule has 1 unspecified atom stereocenters. The summed E-state index contributed by atoms with van der Waals surface area (Å²) in [6.45, 7) is 3.00. The van der Waals surface area contributed by atoms with Crippen molar-refractivity contribution < 1.29 is 19.4 Å². The van der Waals surface area contributed by atoms with Crippen molar-refractivity contribution in [1.29, 1.82) is 0 Å². The number of nitrogens with zero attached hydrogens (tertiary/aromatic N) is 1. The van der Waals surface area contributed by atoms with E-state index in [-0.39, 0.29) is 23.3 Å². The first-order chi connectivity index (χ1) is 10.1. The van der Waals surface area contributed by atoms with Gasteiger partial charge in [-0.15, -0.1) is 0 Å². The van der Waals surface area contributed by atoms with E-state index < -0.39 is 5.97 Å². The fraction of sp³-hybridized carbons (Fsp3) is 0.500. The van der Waals surface area contributed by atoms with E-state index in [4.69, 9.17) is 9.84 Å². The molecule has 0 aromatic heterocycles. The number of carbonyl (C=O) groups excluding carboxylic acids is 1. The minimum absolute atomic E-state index is 0.00692. The second-order valence-electron chi connectivity index (χ2n) is 6.01. The second kappa shape index (κ2) is 5.48. The van der Waals surface area contributed by atoms with Crippen molar-refractivity contribution in [1.82, 2.24) is 4.90 Å². The SMILES string of the molecule is O=C(O)c1ccccc1CC(=O)N1CCC2(CCOC2)C1. The Morgan fingerprint density at radius 2 is 2.10 bits per heavy atom. The van der Waals surface area contributed by atoms with E-state index in [1.807, 2.05) is 4.90 Å². The maximum Gasteiger partial charge on any atom is 0.335 e. The summed E-state index contributed by atoms with van der Waals surface area (Å²) < 4.78 is 5.46. The van der Waals surface area contributed by atoms with Gasteiger partial charge in [0.2, 0.25) is 5.91 Å². The van der Waals surface area contributed by atoms with Crippen LogP contribution in [0.15, 0.2) is 24.3 Å². The van der Waals surface area contributed by atoms with Crippen LogP contribution in [0.2, 0.25) is 0 Å². The standard InChI is InChI=1S/C16H19NO4/c18-14(9-12-3-1-2-4-13(12)15(19)20)17-7-5-16(10-17)6-8-21-11-16/h1-4H,5-11H2,(H,19,20). The van der Waals surface area contributed by atoms with Crippen molar-refractivity contribution in [3.8, 4) is 0 Å². The van der Waals surface area contributed by atoms with Crippen LogP contribution in [0.1, 0.15) is 28.8 Å². The summed E-state index contributed by atoms with van der Waals surface area (Å²) in [4.78, 5) is 25.5. The number of aromatic carboxylic acids is 1. The molecule has 2 heterocycles. The predicted octanol–water partition coefficient (Wildman–Crippen LogP) is 1.57. The van der Waals surface area contributed by atoms with E-state index in [0.717, 1.165) is 39.1 Å². The molecule has 1 N–H and O–H groups in total. The van der Waals surface area contributed by atoms with E-state index in [9.17, 15) is 9.59 Å². The van der Waals surface area contributed by atoms with Gasteiger partial charge in [-0.3, -0.25) is 4.79 Å². The zero-order valence-corrected chi connectivity index (χ0v) is 11.9. The van der Waals surface area contributed by atoms with Crippen LogP contribution in [-0.2, 0) is 16.0 Å². The molecule has 3 rings (SSSR count). The largest absolute Gasteiger partial charge is 0.478 e. The Bertz CT molecular complexity index is 563. The lowest BCUT2D eigenvalue weighted by Gasteiger charge is -2.22. The molecule has 2 aliphatic heterocycles. The molecule has 0 bridgehead atoms. The predicted molar refractivity (Wildman–Crippen MR) is 76.2 cm³/mol. The molecule has 0 radical (unpaired) electrons. The fourth-order valence-corrected chi connectivity index (χ4v) is 3.28. The quantitative estimate of drug-likeness (QED) is 0.917. The summed E-state index contributed by atoms with van der Waals surface area (Å²) in [5.41, 5.74) is 0.935. The van der Waals surface area contributed by atoms with Gasteiger partial charge in [0.15, 0.2) is 0 Å². The lowest BCUT2D eigenvalue weighted by molar-refractivity contribution is -0.129. The molecular weight excluding hydrogens is 270 g/mol. The molecule has 5 heteroatoms. The van der Waals surface area contributed by atoms with Gasteiger partial charge in [-0.1, -0.05) is 18.2 Å². The van der Waals surface area contributed by atoms with Crippen LogP contribution < -0.4 is 0 Å². The Morgan fingerprint density at radius 3 is 2.81 bits per heavy atom. The highest BCUT2D eigenvalue weighted by Crippen LogP contribution is 2.38. The smallest absolute Gasteiger partial charge is 0.335 e. The van der Waals surface area contributed by atoms with E-state index in [0.29, 0.717) is 5.56 Å². The molecule has 5 nitrogen and oxygen atoms in total. The Hall–Kier alpha value is -1.88. The first-order valence-electron chi connectivity index (χ1n) is 7.26. The zero-order valence-electron chi connectivity index (χ0n) is 11.9. The summed E-state index contributed by atoms with van der Waals surface area (Å²) in [6, 6.07) is 6.70. The molecule has 2 aliphatic rings. The number of hydrogen-bond donors (Lipinski definition) is 1. The van der Waals surface area contributed by atoms with E-state index in [1.165, 1.54) is 0 Å². The van der Waals surface area contributed by atoms with Crippen molar-refractivity contribution in [2.24, 2.45) is 5.41 Å². The zero-order chi connectivity index (χ0) is 14.9. The Kier molecular flexibility index (Phi) is 3.68. The van der Waals surface area contributed by atoms with Gasteiger partial charge in [0.25, 0.3) is 0 Å². The number of hydrogen-bond acceptors (Lipinski definition) is 3. The van der Waals surface area contributed by atoms with Crippen molar-refractivity contribution in [2.45, 2.75) is 19.3 Å². The maximum atomic E-state index is 12.4. The lowest BCUT2D eigenvalue weighted by Crippen LogP contribution is -2.33. The normalized spacial score (nSPS) is 24.7. The summed E-state index contributed by atoms with van der Waals surface area (Å²) in [6.07, 6.45) is 2.15. The van der Waals surface area contributed by atoms with Crippen LogP contribution in [-0.4, -0.2) is 48.2 Å². The Balaban J connectivity index is 1.69. The molecule has 1 aromatic carbocycles. The second-order valence-corrected chi connectivity index (χ2v) is 6.01. The van der Waals surface area contributed by atoms with Crippen molar-refractivity contribution in [2.75, 3.05) is 26.3 Å². The summed E-state index contributed by atoms with van der Waals surface area (Å²) >= 11 is 0. The average Bonchev–Trinajstić information content (AvgIpc) is 3.10. The van der Waals surface area contributed by atoms with Gasteiger partial charge in [-0.25, -0.2) is 4.79 Å². The highest BCUT2D eigenvalue weighted by Gasteiger charge is 2.42. The molecule has 2 fully saturated rings. The van der Waals surface area contributed by atoms with Crippen LogP contribution in [0.3, 0.4) is 0 Å². The van der Waals surface area contributed by atoms with E-state index >= 15 is 0 Å². The highest BCUT2D eigenvalue weighted by atomic mass is 16.5. The van der Waals surface area contributed by atoms with Crippen LogP contribution >= 0.6 is 0 Å². The van der Waals surface area contributed by atoms with Gasteiger partial charge in [0, 0.05) is 25.1 Å². The molecule has 1 spiro atoms. The number of benzene rings is 1. The van der Waals surface area contributed by atoms with Crippen molar-refractivity contribution in [3.63, 3.8) is 0 Å². The van der Waals surface area contributed by atoms with Crippen LogP contribution in [0.4, 0.5) is 0 Å². The minimum Gasteiger partial charge on any atom is -0.478 e. The summed E-state index contributed by atoms with van der Waals surface area (Å²) in [5.74, 6) is -0.979. The molecule has 0 aliphatic carbocycles. The van der Waals surface area contributed by atoms with Gasteiger partial charge in [-0.05, 0) is 24.5 Å². The van der Waals surface area contributed by atoms with Crippen LogP contribution in [0.25, 0.3) is 0 Å². The minimum atomic E-state index is -0.986. The average molecular weight is 289 g/mol. The van der Waals surface area contributed by atoms with Gasteiger partial charge >= 0.3 is 5.97 Å². The molecule has 2 saturated heterocycles. The summed E-state index contributed by atoms with van der Waals surface area (Å²) in [7, 11) is 0. The van der Waals surface area contributed by atoms with Crippen LogP contribution in [0, 0.1) is 5.41 Å². The molecule has 0 saturated carbocycles. The molecular formula is C16H19NO4. The third-order valence-corrected chi connectivity index (χ3v) is 4.57. The van der Waals surface area contributed by atoms with Gasteiger partial charge in [0.1, 0.15) is 0 Å². The first kappa shape index (κ1) is 14.1. The number of carboxylic acid groups (broad SMARTS) is 1. The number of rotatable bonds is 3. The maximum absolute atomic E-state index is 12.4.